The van der Waals surface area contributed by atoms with Crippen LogP contribution in [0.4, 0.5) is 21.9 Å². The standard InChI is InChI=1S/C30H39N3O2/c1-8-35-26-18-16-25(17-19-26)33(20-23-12-14-24(15-13-23)32(6)7)30(34)31-29-27(21(2)3)10-9-11-28(29)22(4)5/h9-19,21-22H,8,20H2,1-7H3,(H,31,34). The summed E-state index contributed by atoms with van der Waals surface area (Å²) in [5.41, 5.74) is 6.20. The largest absolute Gasteiger partial charge is 0.494 e. The summed E-state index contributed by atoms with van der Waals surface area (Å²) < 4.78 is 5.61. The Morgan fingerprint density at radius 3 is 1.86 bits per heavy atom. The van der Waals surface area contributed by atoms with Crippen LogP contribution in [0.1, 0.15) is 63.1 Å². The molecule has 0 atom stereocenters. The van der Waals surface area contributed by atoms with Gasteiger partial charge in [-0.05, 0) is 71.8 Å². The normalized spacial score (nSPS) is 11.0. The van der Waals surface area contributed by atoms with Gasteiger partial charge in [0.05, 0.1) is 13.2 Å². The summed E-state index contributed by atoms with van der Waals surface area (Å²) >= 11 is 0. The Morgan fingerprint density at radius 2 is 1.37 bits per heavy atom. The van der Waals surface area contributed by atoms with Crippen molar-refractivity contribution in [1.82, 2.24) is 0 Å². The molecule has 3 aromatic rings. The monoisotopic (exact) mass is 473 g/mol. The van der Waals surface area contributed by atoms with E-state index in [1.807, 2.05) is 45.3 Å². The topological polar surface area (TPSA) is 44.8 Å². The van der Waals surface area contributed by atoms with Gasteiger partial charge in [0.15, 0.2) is 0 Å². The number of carbonyl (C=O) groups excluding carboxylic acids is 1. The lowest BCUT2D eigenvalue weighted by Gasteiger charge is -2.27. The third kappa shape index (κ3) is 6.56. The molecule has 0 saturated carbocycles. The molecule has 0 bridgehead atoms. The fourth-order valence-electron chi connectivity index (χ4n) is 4.12. The molecule has 0 aliphatic carbocycles. The average molecular weight is 474 g/mol. The Bertz CT molecular complexity index is 1080. The molecule has 3 aromatic carbocycles. The van der Waals surface area contributed by atoms with Crippen molar-refractivity contribution in [2.45, 2.75) is 53.0 Å². The predicted octanol–water partition coefficient (Wildman–Crippen LogP) is 7.64. The van der Waals surface area contributed by atoms with Gasteiger partial charge in [0.1, 0.15) is 5.75 Å². The number of urea groups is 1. The van der Waals surface area contributed by atoms with Crippen LogP contribution in [0.25, 0.3) is 0 Å². The zero-order chi connectivity index (χ0) is 25.5. The molecule has 0 aliphatic heterocycles. The number of nitrogens with zero attached hydrogens (tertiary/aromatic N) is 2. The highest BCUT2D eigenvalue weighted by Gasteiger charge is 2.21. The minimum atomic E-state index is -0.152. The molecule has 186 valence electrons. The van der Waals surface area contributed by atoms with Crippen LogP contribution in [0, 0.1) is 0 Å². The SMILES string of the molecule is CCOc1ccc(N(Cc2ccc(N(C)C)cc2)C(=O)Nc2c(C(C)C)cccc2C(C)C)cc1. The zero-order valence-corrected chi connectivity index (χ0v) is 22.1. The molecule has 0 unspecified atom stereocenters. The van der Waals surface area contributed by atoms with Crippen LogP contribution in [0.5, 0.6) is 5.75 Å². The molecule has 0 heterocycles. The number of ether oxygens (including phenoxy) is 1. The molecule has 3 rings (SSSR count). The van der Waals surface area contributed by atoms with E-state index in [-0.39, 0.29) is 6.03 Å². The second-order valence-corrected chi connectivity index (χ2v) is 9.62. The summed E-state index contributed by atoms with van der Waals surface area (Å²) in [5, 5.41) is 3.28. The lowest BCUT2D eigenvalue weighted by Crippen LogP contribution is -2.35. The number of rotatable bonds is 9. The van der Waals surface area contributed by atoms with Crippen molar-refractivity contribution < 1.29 is 9.53 Å². The number of hydrogen-bond donors (Lipinski definition) is 1. The van der Waals surface area contributed by atoms with Gasteiger partial charge in [0.25, 0.3) is 0 Å². The van der Waals surface area contributed by atoms with Crippen molar-refractivity contribution in [1.29, 1.82) is 0 Å². The van der Waals surface area contributed by atoms with Gasteiger partial charge >= 0.3 is 6.03 Å². The van der Waals surface area contributed by atoms with Crippen LogP contribution in [0.3, 0.4) is 0 Å². The van der Waals surface area contributed by atoms with Gasteiger partial charge in [0.2, 0.25) is 0 Å². The van der Waals surface area contributed by atoms with Crippen molar-refractivity contribution in [3.05, 3.63) is 83.4 Å². The molecule has 1 N–H and O–H groups in total. The zero-order valence-electron chi connectivity index (χ0n) is 22.1. The quantitative estimate of drug-likeness (QED) is 0.347. The molecule has 5 heteroatoms. The maximum absolute atomic E-state index is 13.8. The van der Waals surface area contributed by atoms with Crippen LogP contribution in [0.2, 0.25) is 0 Å². The Labute approximate surface area is 210 Å². The predicted molar refractivity (Wildman–Crippen MR) is 148 cm³/mol. The second kappa shape index (κ2) is 11.8. The molecule has 0 aromatic heterocycles. The van der Waals surface area contributed by atoms with E-state index < -0.39 is 0 Å². The van der Waals surface area contributed by atoms with E-state index in [2.05, 4.69) is 80.4 Å². The molecule has 2 amide bonds. The number of amides is 2. The van der Waals surface area contributed by atoms with Gasteiger partial charge < -0.3 is 15.0 Å². The fraction of sp³-hybridized carbons (Fsp3) is 0.367. The highest BCUT2D eigenvalue weighted by Crippen LogP contribution is 2.33. The lowest BCUT2D eigenvalue weighted by atomic mass is 9.93. The van der Waals surface area contributed by atoms with E-state index in [4.69, 9.17) is 4.74 Å². The molecular formula is C30H39N3O2. The Balaban J connectivity index is 1.98. The van der Waals surface area contributed by atoms with E-state index in [1.165, 1.54) is 0 Å². The van der Waals surface area contributed by atoms with E-state index in [1.54, 1.807) is 4.90 Å². The average Bonchev–Trinajstić information content (AvgIpc) is 2.83. The van der Waals surface area contributed by atoms with Crippen LogP contribution in [0.15, 0.2) is 66.7 Å². The van der Waals surface area contributed by atoms with E-state index in [0.29, 0.717) is 25.0 Å². The summed E-state index contributed by atoms with van der Waals surface area (Å²) in [7, 11) is 4.04. The van der Waals surface area contributed by atoms with Gasteiger partial charge in [-0.2, -0.15) is 0 Å². The smallest absolute Gasteiger partial charge is 0.326 e. The molecular weight excluding hydrogens is 434 g/mol. The summed E-state index contributed by atoms with van der Waals surface area (Å²) in [6, 6.07) is 22.2. The third-order valence-corrected chi connectivity index (χ3v) is 6.10. The van der Waals surface area contributed by atoms with Crippen molar-refractivity contribution in [2.75, 3.05) is 35.8 Å². The minimum absolute atomic E-state index is 0.152. The molecule has 0 aliphatic rings. The van der Waals surface area contributed by atoms with E-state index >= 15 is 0 Å². The Hall–Kier alpha value is -3.47. The van der Waals surface area contributed by atoms with Gasteiger partial charge in [-0.1, -0.05) is 58.0 Å². The number of anilines is 3. The first-order valence-corrected chi connectivity index (χ1v) is 12.4. The first kappa shape index (κ1) is 26.1. The molecule has 0 spiro atoms. The maximum Gasteiger partial charge on any atom is 0.326 e. The van der Waals surface area contributed by atoms with E-state index in [0.717, 1.165) is 39.5 Å². The Morgan fingerprint density at radius 1 is 0.829 bits per heavy atom. The van der Waals surface area contributed by atoms with Gasteiger partial charge in [0, 0.05) is 31.2 Å². The minimum Gasteiger partial charge on any atom is -0.494 e. The second-order valence-electron chi connectivity index (χ2n) is 9.62. The van der Waals surface area contributed by atoms with Crippen molar-refractivity contribution in [3.63, 3.8) is 0 Å². The summed E-state index contributed by atoms with van der Waals surface area (Å²) in [4.78, 5) is 17.7. The highest BCUT2D eigenvalue weighted by atomic mass is 16.5. The van der Waals surface area contributed by atoms with Crippen LogP contribution >= 0.6 is 0 Å². The van der Waals surface area contributed by atoms with Crippen molar-refractivity contribution in [2.24, 2.45) is 0 Å². The van der Waals surface area contributed by atoms with Gasteiger partial charge in [-0.3, -0.25) is 4.90 Å². The van der Waals surface area contributed by atoms with Gasteiger partial charge in [-0.15, -0.1) is 0 Å². The van der Waals surface area contributed by atoms with Crippen LogP contribution in [-0.4, -0.2) is 26.7 Å². The molecule has 0 fully saturated rings. The maximum atomic E-state index is 13.8. The number of hydrogen-bond acceptors (Lipinski definition) is 3. The van der Waals surface area contributed by atoms with Crippen LogP contribution in [-0.2, 0) is 6.54 Å². The third-order valence-electron chi connectivity index (χ3n) is 6.10. The molecule has 0 radical (unpaired) electrons. The number of carbonyl (C=O) groups is 1. The van der Waals surface area contributed by atoms with Gasteiger partial charge in [-0.25, -0.2) is 4.79 Å². The fourth-order valence-corrected chi connectivity index (χ4v) is 4.12. The molecule has 35 heavy (non-hydrogen) atoms. The first-order chi connectivity index (χ1) is 16.7. The highest BCUT2D eigenvalue weighted by molar-refractivity contribution is 6.02. The summed E-state index contributed by atoms with van der Waals surface area (Å²) in [5.74, 6) is 1.38. The lowest BCUT2D eigenvalue weighted by molar-refractivity contribution is 0.256. The Kier molecular flexibility index (Phi) is 8.80. The van der Waals surface area contributed by atoms with Crippen LogP contribution < -0.4 is 19.9 Å². The number of nitrogens with one attached hydrogen (secondary N) is 1. The first-order valence-electron chi connectivity index (χ1n) is 12.4. The number of para-hydroxylation sites is 1. The van der Waals surface area contributed by atoms with Crippen molar-refractivity contribution in [3.8, 4) is 5.75 Å². The van der Waals surface area contributed by atoms with Crippen molar-refractivity contribution >= 4 is 23.1 Å². The number of benzene rings is 3. The molecule has 5 nitrogen and oxygen atoms in total. The summed E-state index contributed by atoms with van der Waals surface area (Å²) in [6.07, 6.45) is 0. The van der Waals surface area contributed by atoms with E-state index in [9.17, 15) is 4.79 Å². The summed E-state index contributed by atoms with van der Waals surface area (Å²) in [6.45, 7) is 11.7. The molecule has 0 saturated heterocycles.